The molecule has 7 nitrogen and oxygen atoms in total. The molecular weight excluding hydrogens is 426 g/mol. The van der Waals surface area contributed by atoms with Crippen LogP contribution in [0.5, 0.6) is 11.5 Å². The maximum atomic E-state index is 13.7. The highest BCUT2D eigenvalue weighted by Crippen LogP contribution is 2.32. The van der Waals surface area contributed by atoms with Crippen LogP contribution in [0, 0.1) is 13.8 Å². The van der Waals surface area contributed by atoms with Gasteiger partial charge in [-0.3, -0.25) is 14.6 Å². The first kappa shape index (κ1) is 22.5. The molecule has 1 saturated heterocycles. The van der Waals surface area contributed by atoms with Gasteiger partial charge in [0.15, 0.2) is 5.13 Å². The number of carbonyl (C=O) groups is 1. The summed E-state index contributed by atoms with van der Waals surface area (Å²) in [5, 5.41) is 0.699. The molecule has 0 radical (unpaired) electrons. The average molecular weight is 456 g/mol. The highest BCUT2D eigenvalue weighted by atomic mass is 32.1. The van der Waals surface area contributed by atoms with E-state index in [-0.39, 0.29) is 5.91 Å². The molecule has 8 heteroatoms. The Morgan fingerprint density at radius 2 is 1.72 bits per heavy atom. The molecule has 0 unspecified atom stereocenters. The van der Waals surface area contributed by atoms with Crippen molar-refractivity contribution in [3.8, 4) is 11.5 Å². The van der Waals surface area contributed by atoms with Crippen molar-refractivity contribution in [1.82, 2.24) is 9.88 Å². The number of anilines is 1. The number of hydrogen-bond donors (Lipinski definition) is 0. The lowest BCUT2D eigenvalue weighted by Gasteiger charge is -2.29. The van der Waals surface area contributed by atoms with E-state index in [0.717, 1.165) is 43.1 Å². The zero-order chi connectivity index (χ0) is 22.7. The molecule has 0 spiro atoms. The van der Waals surface area contributed by atoms with Crippen molar-refractivity contribution in [2.45, 2.75) is 13.8 Å². The molecule has 2 aromatic carbocycles. The van der Waals surface area contributed by atoms with Crippen molar-refractivity contribution in [2.75, 3.05) is 58.5 Å². The SMILES string of the molecule is COc1cc(OC)cc(C(=O)N(CCN2CCOCC2)c2nc3cc(C)c(C)cc3s2)c1. The summed E-state index contributed by atoms with van der Waals surface area (Å²) in [5.41, 5.74) is 3.84. The third kappa shape index (κ3) is 4.87. The quantitative estimate of drug-likeness (QED) is 0.538. The van der Waals surface area contributed by atoms with Gasteiger partial charge in [0.2, 0.25) is 0 Å². The Kier molecular flexibility index (Phi) is 6.93. The lowest BCUT2D eigenvalue weighted by molar-refractivity contribution is 0.0391. The molecule has 3 aromatic rings. The van der Waals surface area contributed by atoms with Crippen molar-refractivity contribution >= 4 is 32.6 Å². The van der Waals surface area contributed by atoms with Gasteiger partial charge in [-0.25, -0.2) is 4.98 Å². The Bertz CT molecular complexity index is 1050. The summed E-state index contributed by atoms with van der Waals surface area (Å²) in [4.78, 5) is 22.6. The van der Waals surface area contributed by atoms with Crippen LogP contribution in [0.1, 0.15) is 21.5 Å². The number of fused-ring (bicyclic) bond motifs is 1. The summed E-state index contributed by atoms with van der Waals surface area (Å²) in [7, 11) is 3.16. The van der Waals surface area contributed by atoms with Crippen molar-refractivity contribution in [3.05, 3.63) is 47.0 Å². The van der Waals surface area contributed by atoms with E-state index in [2.05, 4.69) is 30.9 Å². The van der Waals surface area contributed by atoms with E-state index < -0.39 is 0 Å². The molecule has 1 aliphatic heterocycles. The maximum Gasteiger partial charge on any atom is 0.260 e. The maximum absolute atomic E-state index is 13.7. The molecule has 4 rings (SSSR count). The zero-order valence-corrected chi connectivity index (χ0v) is 19.8. The number of aromatic nitrogens is 1. The minimum Gasteiger partial charge on any atom is -0.497 e. The fraction of sp³-hybridized carbons (Fsp3) is 0.417. The molecule has 0 aliphatic carbocycles. The Labute approximate surface area is 192 Å². The van der Waals surface area contributed by atoms with Crippen LogP contribution in [0.15, 0.2) is 30.3 Å². The Morgan fingerprint density at radius 3 is 2.38 bits per heavy atom. The van der Waals surface area contributed by atoms with E-state index in [1.165, 1.54) is 11.1 Å². The fourth-order valence-electron chi connectivity index (χ4n) is 3.72. The largest absolute Gasteiger partial charge is 0.497 e. The third-order valence-corrected chi connectivity index (χ3v) is 6.85. The number of benzene rings is 2. The zero-order valence-electron chi connectivity index (χ0n) is 19.0. The smallest absolute Gasteiger partial charge is 0.260 e. The van der Waals surface area contributed by atoms with Crippen LogP contribution in [-0.2, 0) is 4.74 Å². The van der Waals surface area contributed by atoms with Crippen molar-refractivity contribution in [1.29, 1.82) is 0 Å². The molecule has 1 amide bonds. The monoisotopic (exact) mass is 455 g/mol. The third-order valence-electron chi connectivity index (χ3n) is 5.81. The molecular formula is C24H29N3O4S. The lowest BCUT2D eigenvalue weighted by Crippen LogP contribution is -2.43. The van der Waals surface area contributed by atoms with Crippen molar-refractivity contribution in [3.63, 3.8) is 0 Å². The number of hydrogen-bond acceptors (Lipinski definition) is 7. The van der Waals surface area contributed by atoms with Gasteiger partial charge in [-0.15, -0.1) is 0 Å². The van der Waals surface area contributed by atoms with E-state index in [1.54, 1.807) is 48.7 Å². The molecule has 1 aliphatic rings. The van der Waals surface area contributed by atoms with Crippen molar-refractivity contribution < 1.29 is 19.0 Å². The highest BCUT2D eigenvalue weighted by Gasteiger charge is 2.24. The molecule has 1 fully saturated rings. The van der Waals surface area contributed by atoms with Gasteiger partial charge in [0.1, 0.15) is 11.5 Å². The van der Waals surface area contributed by atoms with E-state index in [9.17, 15) is 4.79 Å². The van der Waals surface area contributed by atoms with Crippen LogP contribution in [0.4, 0.5) is 5.13 Å². The molecule has 2 heterocycles. The van der Waals surface area contributed by atoms with Crippen LogP contribution in [0.25, 0.3) is 10.2 Å². The van der Waals surface area contributed by atoms with Gasteiger partial charge in [0.25, 0.3) is 5.91 Å². The van der Waals surface area contributed by atoms with Gasteiger partial charge in [0.05, 0.1) is 37.6 Å². The number of rotatable bonds is 7. The second-order valence-electron chi connectivity index (χ2n) is 7.91. The number of aryl methyl sites for hydroxylation is 2. The first-order valence-corrected chi connectivity index (χ1v) is 11.5. The minimum atomic E-state index is -0.122. The predicted octanol–water partition coefficient (Wildman–Crippen LogP) is 3.91. The highest BCUT2D eigenvalue weighted by molar-refractivity contribution is 7.22. The van der Waals surface area contributed by atoms with Crippen molar-refractivity contribution in [2.24, 2.45) is 0 Å². The summed E-state index contributed by atoms with van der Waals surface area (Å²) in [6.07, 6.45) is 0. The summed E-state index contributed by atoms with van der Waals surface area (Å²) >= 11 is 1.55. The van der Waals surface area contributed by atoms with E-state index in [0.29, 0.717) is 28.7 Å². The molecule has 0 N–H and O–H groups in total. The fourth-order valence-corrected chi connectivity index (χ4v) is 4.79. The number of methoxy groups -OCH3 is 2. The van der Waals surface area contributed by atoms with Gasteiger partial charge in [-0.1, -0.05) is 11.3 Å². The number of ether oxygens (including phenoxy) is 3. The number of nitrogens with zero attached hydrogens (tertiary/aromatic N) is 3. The molecule has 1 aromatic heterocycles. The lowest BCUT2D eigenvalue weighted by atomic mass is 10.1. The van der Waals surface area contributed by atoms with Gasteiger partial charge < -0.3 is 14.2 Å². The summed E-state index contributed by atoms with van der Waals surface area (Å²) in [6, 6.07) is 9.48. The number of morpholine rings is 1. The molecule has 32 heavy (non-hydrogen) atoms. The first-order valence-electron chi connectivity index (χ1n) is 10.7. The van der Waals surface area contributed by atoms with Gasteiger partial charge in [-0.05, 0) is 49.2 Å². The minimum absolute atomic E-state index is 0.122. The molecule has 0 saturated carbocycles. The number of carbonyl (C=O) groups excluding carboxylic acids is 1. The Balaban J connectivity index is 1.69. The van der Waals surface area contributed by atoms with E-state index in [4.69, 9.17) is 19.2 Å². The van der Waals surface area contributed by atoms with E-state index in [1.807, 2.05) is 0 Å². The second kappa shape index (κ2) is 9.85. The summed E-state index contributed by atoms with van der Waals surface area (Å²) < 4.78 is 17.3. The van der Waals surface area contributed by atoms with Crippen LogP contribution in [-0.4, -0.2) is 69.4 Å². The first-order chi connectivity index (χ1) is 15.5. The summed E-state index contributed by atoms with van der Waals surface area (Å²) in [5.74, 6) is 1.04. The van der Waals surface area contributed by atoms with Gasteiger partial charge in [-0.2, -0.15) is 0 Å². The molecule has 0 bridgehead atoms. The topological polar surface area (TPSA) is 64.1 Å². The molecule has 0 atom stereocenters. The van der Waals surface area contributed by atoms with Crippen LogP contribution in [0.2, 0.25) is 0 Å². The predicted molar refractivity (Wildman–Crippen MR) is 128 cm³/mol. The number of amides is 1. The normalized spacial score (nSPS) is 14.5. The second-order valence-corrected chi connectivity index (χ2v) is 8.92. The van der Waals surface area contributed by atoms with Gasteiger partial charge in [0, 0.05) is 37.8 Å². The Morgan fingerprint density at radius 1 is 1.06 bits per heavy atom. The van der Waals surface area contributed by atoms with E-state index >= 15 is 0 Å². The van der Waals surface area contributed by atoms with Crippen LogP contribution < -0.4 is 14.4 Å². The Hall–Kier alpha value is -2.68. The standard InChI is InChI=1S/C24H29N3O4S/c1-16-11-21-22(12-17(16)2)32-24(25-21)27(6-5-26-7-9-31-10-8-26)23(28)18-13-19(29-3)15-20(14-18)30-4/h11-15H,5-10H2,1-4H3. The number of thiazole rings is 1. The average Bonchev–Trinajstić information content (AvgIpc) is 3.21. The summed E-state index contributed by atoms with van der Waals surface area (Å²) in [6.45, 7) is 8.65. The van der Waals surface area contributed by atoms with Crippen LogP contribution in [0.3, 0.4) is 0 Å². The van der Waals surface area contributed by atoms with Gasteiger partial charge >= 0.3 is 0 Å². The van der Waals surface area contributed by atoms with Crippen LogP contribution >= 0.6 is 11.3 Å². The molecule has 170 valence electrons.